The van der Waals surface area contributed by atoms with Gasteiger partial charge in [0, 0.05) is 12.3 Å². The van der Waals surface area contributed by atoms with Gasteiger partial charge < -0.3 is 20.5 Å². The van der Waals surface area contributed by atoms with Crippen molar-refractivity contribution in [3.8, 4) is 11.1 Å². The van der Waals surface area contributed by atoms with Gasteiger partial charge in [-0.3, -0.25) is 4.79 Å². The SMILES string of the molecule is CC(C)(C)[C@H](NC(=O)CC1(NC(=O)OCC2c3ccccc3-c3ccccc32)CCC1)C(=O)O. The second kappa shape index (κ2) is 9.12. The number of carbonyl (C=O) groups excluding carboxylic acids is 2. The fraction of sp³-hybridized carbons (Fsp3) is 0.444. The van der Waals surface area contributed by atoms with Gasteiger partial charge in [0.25, 0.3) is 0 Å². The summed E-state index contributed by atoms with van der Waals surface area (Å²) in [7, 11) is 0. The summed E-state index contributed by atoms with van der Waals surface area (Å²) >= 11 is 0. The Morgan fingerprint density at radius 3 is 2.06 bits per heavy atom. The third-order valence-electron chi connectivity index (χ3n) is 6.94. The fourth-order valence-electron chi connectivity index (χ4n) is 4.97. The number of aliphatic carboxylic acids is 1. The quantitative estimate of drug-likeness (QED) is 0.561. The topological polar surface area (TPSA) is 105 Å². The fourth-order valence-corrected chi connectivity index (χ4v) is 4.97. The van der Waals surface area contributed by atoms with Gasteiger partial charge in [0.15, 0.2) is 0 Å². The maximum atomic E-state index is 12.7. The smallest absolute Gasteiger partial charge is 0.407 e. The molecule has 7 heteroatoms. The summed E-state index contributed by atoms with van der Waals surface area (Å²) in [5.74, 6) is -1.50. The lowest BCUT2D eigenvalue weighted by atomic mass is 9.74. The van der Waals surface area contributed by atoms with E-state index in [9.17, 15) is 19.5 Å². The highest BCUT2D eigenvalue weighted by molar-refractivity contribution is 5.85. The van der Waals surface area contributed by atoms with Crippen molar-refractivity contribution in [3.63, 3.8) is 0 Å². The minimum absolute atomic E-state index is 0.0249. The van der Waals surface area contributed by atoms with Gasteiger partial charge in [0.2, 0.25) is 5.91 Å². The lowest BCUT2D eigenvalue weighted by molar-refractivity contribution is -0.145. The molecule has 180 valence electrons. The van der Waals surface area contributed by atoms with E-state index in [1.165, 1.54) is 0 Å². The first-order valence-corrected chi connectivity index (χ1v) is 11.7. The molecule has 0 spiro atoms. The van der Waals surface area contributed by atoms with Crippen molar-refractivity contribution in [2.45, 2.75) is 64.0 Å². The number of amides is 2. The van der Waals surface area contributed by atoms with Crippen LogP contribution in [-0.2, 0) is 14.3 Å². The molecule has 2 aliphatic carbocycles. The van der Waals surface area contributed by atoms with Crippen molar-refractivity contribution >= 4 is 18.0 Å². The van der Waals surface area contributed by atoms with Crippen molar-refractivity contribution in [1.82, 2.24) is 10.6 Å². The largest absolute Gasteiger partial charge is 0.480 e. The first-order chi connectivity index (χ1) is 16.1. The van der Waals surface area contributed by atoms with E-state index in [4.69, 9.17) is 4.74 Å². The third-order valence-corrected chi connectivity index (χ3v) is 6.94. The van der Waals surface area contributed by atoms with Gasteiger partial charge >= 0.3 is 12.1 Å². The van der Waals surface area contributed by atoms with E-state index in [-0.39, 0.29) is 24.9 Å². The van der Waals surface area contributed by atoms with Crippen LogP contribution in [0.2, 0.25) is 0 Å². The average molecular weight is 465 g/mol. The Balaban J connectivity index is 1.38. The second-order valence-electron chi connectivity index (χ2n) is 10.5. The van der Waals surface area contributed by atoms with Gasteiger partial charge in [-0.15, -0.1) is 0 Å². The van der Waals surface area contributed by atoms with E-state index in [1.54, 1.807) is 20.8 Å². The third kappa shape index (κ3) is 4.79. The molecule has 0 aliphatic heterocycles. The molecule has 0 heterocycles. The maximum absolute atomic E-state index is 12.7. The number of fused-ring (bicyclic) bond motifs is 3. The predicted octanol–water partition coefficient (Wildman–Crippen LogP) is 4.45. The number of nitrogens with one attached hydrogen (secondary N) is 2. The predicted molar refractivity (Wildman–Crippen MR) is 128 cm³/mol. The van der Waals surface area contributed by atoms with E-state index >= 15 is 0 Å². The van der Waals surface area contributed by atoms with Crippen LogP contribution in [-0.4, -0.2) is 41.3 Å². The minimum Gasteiger partial charge on any atom is -0.480 e. The number of hydrogen-bond acceptors (Lipinski definition) is 4. The molecular weight excluding hydrogens is 432 g/mol. The number of ether oxygens (including phenoxy) is 1. The van der Waals surface area contributed by atoms with Gasteiger partial charge in [-0.1, -0.05) is 69.3 Å². The molecule has 1 saturated carbocycles. The van der Waals surface area contributed by atoms with E-state index < -0.39 is 29.1 Å². The van der Waals surface area contributed by atoms with Crippen molar-refractivity contribution in [2.75, 3.05) is 6.61 Å². The molecule has 3 N–H and O–H groups in total. The van der Waals surface area contributed by atoms with Crippen molar-refractivity contribution in [3.05, 3.63) is 59.7 Å². The molecule has 0 radical (unpaired) electrons. The Morgan fingerprint density at radius 1 is 1.03 bits per heavy atom. The van der Waals surface area contributed by atoms with Crippen LogP contribution in [0.4, 0.5) is 4.79 Å². The number of hydrogen-bond donors (Lipinski definition) is 3. The van der Waals surface area contributed by atoms with Gasteiger partial charge in [0.05, 0.1) is 5.54 Å². The molecule has 1 fully saturated rings. The molecule has 0 unspecified atom stereocenters. The Hall–Kier alpha value is -3.35. The highest BCUT2D eigenvalue weighted by Gasteiger charge is 2.42. The number of carboxylic acid groups (broad SMARTS) is 1. The summed E-state index contributed by atoms with van der Waals surface area (Å²) in [6.45, 7) is 5.49. The summed E-state index contributed by atoms with van der Waals surface area (Å²) in [6, 6.07) is 15.3. The van der Waals surface area contributed by atoms with Gasteiger partial charge in [-0.05, 0) is 46.9 Å². The summed E-state index contributed by atoms with van der Waals surface area (Å²) in [5, 5.41) is 15.0. The lowest BCUT2D eigenvalue weighted by Gasteiger charge is -2.42. The summed E-state index contributed by atoms with van der Waals surface area (Å²) in [6.07, 6.45) is 1.66. The molecule has 2 aliphatic rings. The number of carboxylic acids is 1. The highest BCUT2D eigenvalue weighted by atomic mass is 16.5. The van der Waals surface area contributed by atoms with Crippen LogP contribution >= 0.6 is 0 Å². The first kappa shape index (κ1) is 23.8. The molecule has 0 bridgehead atoms. The van der Waals surface area contributed by atoms with Crippen LogP contribution in [0.25, 0.3) is 11.1 Å². The van der Waals surface area contributed by atoms with Crippen LogP contribution in [0.1, 0.15) is 63.5 Å². The van der Waals surface area contributed by atoms with Crippen LogP contribution in [0, 0.1) is 5.41 Å². The van der Waals surface area contributed by atoms with Crippen molar-refractivity contribution < 1.29 is 24.2 Å². The van der Waals surface area contributed by atoms with E-state index in [0.29, 0.717) is 12.8 Å². The standard InChI is InChI=1S/C27H32N2O5/c1-26(2,3)23(24(31)32)28-22(30)15-27(13-8-14-27)29-25(33)34-16-21-19-11-6-4-9-17(19)18-10-5-7-12-20(18)21/h4-7,9-12,21,23H,8,13-16H2,1-3H3,(H,28,30)(H,29,33)(H,31,32)/t23-/m1/s1. The van der Waals surface area contributed by atoms with Crippen molar-refractivity contribution in [2.24, 2.45) is 5.41 Å². The van der Waals surface area contributed by atoms with E-state index in [0.717, 1.165) is 28.7 Å². The monoisotopic (exact) mass is 464 g/mol. The van der Waals surface area contributed by atoms with Crippen LogP contribution in [0.3, 0.4) is 0 Å². The van der Waals surface area contributed by atoms with Crippen LogP contribution in [0.5, 0.6) is 0 Å². The van der Waals surface area contributed by atoms with Crippen LogP contribution < -0.4 is 10.6 Å². The molecule has 7 nitrogen and oxygen atoms in total. The number of carbonyl (C=O) groups is 3. The Labute approximate surface area is 199 Å². The summed E-state index contributed by atoms with van der Waals surface area (Å²) in [5.41, 5.74) is 3.26. The normalized spacial score (nSPS) is 17.0. The van der Waals surface area contributed by atoms with Gasteiger partial charge in [-0.2, -0.15) is 0 Å². The molecule has 0 aromatic heterocycles. The molecule has 2 amide bonds. The molecule has 2 aromatic rings. The zero-order valence-corrected chi connectivity index (χ0v) is 19.9. The van der Waals surface area contributed by atoms with Gasteiger partial charge in [-0.25, -0.2) is 9.59 Å². The maximum Gasteiger partial charge on any atom is 0.407 e. The zero-order valence-electron chi connectivity index (χ0n) is 19.9. The van der Waals surface area contributed by atoms with Gasteiger partial charge in [0.1, 0.15) is 12.6 Å². The van der Waals surface area contributed by atoms with E-state index in [1.807, 2.05) is 24.3 Å². The molecule has 4 rings (SSSR count). The Kier molecular flexibility index (Phi) is 6.39. The minimum atomic E-state index is -1.08. The molecule has 34 heavy (non-hydrogen) atoms. The molecule has 2 aromatic carbocycles. The van der Waals surface area contributed by atoms with Crippen molar-refractivity contribution in [1.29, 1.82) is 0 Å². The summed E-state index contributed by atoms with van der Waals surface area (Å²) < 4.78 is 5.65. The highest BCUT2D eigenvalue weighted by Crippen LogP contribution is 2.44. The second-order valence-corrected chi connectivity index (χ2v) is 10.5. The number of rotatable bonds is 7. The van der Waals surface area contributed by atoms with Crippen LogP contribution in [0.15, 0.2) is 48.5 Å². The Bertz CT molecular complexity index is 1050. The number of benzene rings is 2. The Morgan fingerprint density at radius 2 is 1.59 bits per heavy atom. The average Bonchev–Trinajstić information content (AvgIpc) is 3.07. The van der Waals surface area contributed by atoms with E-state index in [2.05, 4.69) is 34.9 Å². The molecular formula is C27H32N2O5. The molecule has 1 atom stereocenters. The lowest BCUT2D eigenvalue weighted by Crippen LogP contribution is -2.58. The molecule has 0 saturated heterocycles. The first-order valence-electron chi connectivity index (χ1n) is 11.7. The number of alkyl carbamates (subject to hydrolysis) is 1. The summed E-state index contributed by atoms with van der Waals surface area (Å²) in [4.78, 5) is 37.0. The zero-order chi connectivity index (χ0) is 24.5.